The molecule has 0 spiro atoms. The molecule has 1 aliphatic rings. The van der Waals surface area contributed by atoms with Gasteiger partial charge >= 0.3 is 0 Å². The van der Waals surface area contributed by atoms with E-state index in [4.69, 9.17) is 4.42 Å². The molecule has 1 fully saturated rings. The van der Waals surface area contributed by atoms with Gasteiger partial charge in [-0.3, -0.25) is 9.59 Å². The molecule has 3 N–H and O–H groups in total. The lowest BCUT2D eigenvalue weighted by molar-refractivity contribution is -0.121. The van der Waals surface area contributed by atoms with Crippen LogP contribution in [0.25, 0.3) is 0 Å². The minimum atomic E-state index is -0.324. The minimum Gasteiger partial charge on any atom is -0.459 e. The average Bonchev–Trinajstić information content (AvgIpc) is 3.17. The molecule has 1 saturated carbocycles. The highest BCUT2D eigenvalue weighted by atomic mass is 16.3. The zero-order valence-corrected chi connectivity index (χ0v) is 12.1. The van der Waals surface area contributed by atoms with Gasteiger partial charge in [-0.15, -0.1) is 0 Å². The second kappa shape index (κ2) is 7.26. The van der Waals surface area contributed by atoms with Crippen LogP contribution in [-0.2, 0) is 4.79 Å². The fraction of sp³-hybridized carbons (Fsp3) is 0.600. The zero-order valence-electron chi connectivity index (χ0n) is 12.1. The van der Waals surface area contributed by atoms with Gasteiger partial charge in [0.25, 0.3) is 5.91 Å². The van der Waals surface area contributed by atoms with E-state index in [0.717, 1.165) is 25.7 Å². The summed E-state index contributed by atoms with van der Waals surface area (Å²) < 4.78 is 4.96. The maximum absolute atomic E-state index is 11.8. The van der Waals surface area contributed by atoms with Crippen LogP contribution >= 0.6 is 0 Å². The fourth-order valence-corrected chi connectivity index (χ4v) is 2.67. The van der Waals surface area contributed by atoms with Crippen LogP contribution in [0.5, 0.6) is 0 Å². The number of aliphatic hydroxyl groups is 1. The van der Waals surface area contributed by atoms with Gasteiger partial charge in [0.15, 0.2) is 5.76 Å². The highest BCUT2D eigenvalue weighted by Gasteiger charge is 2.33. The number of aliphatic hydroxyl groups excluding tert-OH is 1. The van der Waals surface area contributed by atoms with Gasteiger partial charge in [-0.25, -0.2) is 0 Å². The predicted molar refractivity (Wildman–Crippen MR) is 76.7 cm³/mol. The van der Waals surface area contributed by atoms with E-state index in [1.165, 1.54) is 6.26 Å². The SMILES string of the molecule is O=C(CCNC(=O)c1ccco1)NCC1(CO)CCCC1. The Hall–Kier alpha value is -1.82. The molecular weight excluding hydrogens is 272 g/mol. The van der Waals surface area contributed by atoms with E-state index in [0.29, 0.717) is 6.54 Å². The number of nitrogens with one attached hydrogen (secondary N) is 2. The van der Waals surface area contributed by atoms with Crippen molar-refractivity contribution in [1.29, 1.82) is 0 Å². The number of hydrogen-bond donors (Lipinski definition) is 3. The van der Waals surface area contributed by atoms with Crippen molar-refractivity contribution < 1.29 is 19.1 Å². The number of furan rings is 1. The van der Waals surface area contributed by atoms with E-state index in [1.807, 2.05) is 0 Å². The van der Waals surface area contributed by atoms with Gasteiger partial charge < -0.3 is 20.2 Å². The van der Waals surface area contributed by atoms with Crippen LogP contribution in [0, 0.1) is 5.41 Å². The molecule has 116 valence electrons. The topological polar surface area (TPSA) is 91.6 Å². The molecule has 21 heavy (non-hydrogen) atoms. The Morgan fingerprint density at radius 3 is 2.67 bits per heavy atom. The molecule has 2 amide bonds. The Balaban J connectivity index is 1.65. The highest BCUT2D eigenvalue weighted by Crippen LogP contribution is 2.36. The second-order valence-corrected chi connectivity index (χ2v) is 5.63. The van der Waals surface area contributed by atoms with E-state index < -0.39 is 0 Å². The van der Waals surface area contributed by atoms with Gasteiger partial charge in [-0.1, -0.05) is 12.8 Å². The summed E-state index contributed by atoms with van der Waals surface area (Å²) >= 11 is 0. The van der Waals surface area contributed by atoms with Crippen molar-refractivity contribution in [1.82, 2.24) is 10.6 Å². The van der Waals surface area contributed by atoms with Crippen LogP contribution in [0.15, 0.2) is 22.8 Å². The summed E-state index contributed by atoms with van der Waals surface area (Å²) in [6.07, 6.45) is 5.77. The van der Waals surface area contributed by atoms with Crippen LogP contribution in [-0.4, -0.2) is 36.6 Å². The Morgan fingerprint density at radius 1 is 1.29 bits per heavy atom. The largest absolute Gasteiger partial charge is 0.459 e. The zero-order chi connectivity index (χ0) is 15.1. The summed E-state index contributed by atoms with van der Waals surface area (Å²) in [7, 11) is 0. The smallest absolute Gasteiger partial charge is 0.286 e. The molecular formula is C15H22N2O4. The molecule has 1 aliphatic carbocycles. The van der Waals surface area contributed by atoms with E-state index >= 15 is 0 Å². The second-order valence-electron chi connectivity index (χ2n) is 5.63. The van der Waals surface area contributed by atoms with Gasteiger partial charge in [0.05, 0.1) is 12.9 Å². The number of rotatable bonds is 7. The van der Waals surface area contributed by atoms with Crippen LogP contribution in [0.3, 0.4) is 0 Å². The lowest BCUT2D eigenvalue weighted by atomic mass is 9.87. The van der Waals surface area contributed by atoms with E-state index in [9.17, 15) is 14.7 Å². The van der Waals surface area contributed by atoms with Crippen LogP contribution in [0.4, 0.5) is 0 Å². The molecule has 6 heteroatoms. The van der Waals surface area contributed by atoms with Gasteiger partial charge in [0.1, 0.15) is 0 Å². The first-order valence-corrected chi connectivity index (χ1v) is 7.34. The van der Waals surface area contributed by atoms with Crippen molar-refractivity contribution in [3.8, 4) is 0 Å². The van der Waals surface area contributed by atoms with Gasteiger partial charge in [0.2, 0.25) is 5.91 Å². The molecule has 2 rings (SSSR count). The lowest BCUT2D eigenvalue weighted by Gasteiger charge is -2.26. The normalized spacial score (nSPS) is 16.6. The molecule has 6 nitrogen and oxygen atoms in total. The maximum atomic E-state index is 11.8. The Morgan fingerprint density at radius 2 is 2.05 bits per heavy atom. The molecule has 1 aromatic heterocycles. The van der Waals surface area contributed by atoms with Crippen molar-refractivity contribution in [3.05, 3.63) is 24.2 Å². The minimum absolute atomic E-state index is 0.114. The van der Waals surface area contributed by atoms with Crippen molar-refractivity contribution in [2.24, 2.45) is 5.41 Å². The van der Waals surface area contributed by atoms with Gasteiger partial charge in [-0.2, -0.15) is 0 Å². The fourth-order valence-electron chi connectivity index (χ4n) is 2.67. The predicted octanol–water partition coefficient (Wildman–Crippen LogP) is 1.07. The first kappa shape index (κ1) is 15.6. The third kappa shape index (κ3) is 4.32. The van der Waals surface area contributed by atoms with E-state index in [2.05, 4.69) is 10.6 Å². The summed E-state index contributed by atoms with van der Waals surface area (Å²) in [5, 5.41) is 14.9. The molecule has 0 radical (unpaired) electrons. The molecule has 0 atom stereocenters. The number of carbonyl (C=O) groups excluding carboxylic acids is 2. The molecule has 0 aliphatic heterocycles. The molecule has 0 saturated heterocycles. The third-order valence-electron chi connectivity index (χ3n) is 4.04. The molecule has 1 heterocycles. The Labute approximate surface area is 123 Å². The number of hydrogen-bond acceptors (Lipinski definition) is 4. The summed E-state index contributed by atoms with van der Waals surface area (Å²) in [5.41, 5.74) is -0.146. The molecule has 0 aromatic carbocycles. The van der Waals surface area contributed by atoms with Crippen molar-refractivity contribution in [3.63, 3.8) is 0 Å². The molecule has 0 unspecified atom stereocenters. The Kier molecular flexibility index (Phi) is 5.38. The first-order valence-electron chi connectivity index (χ1n) is 7.34. The maximum Gasteiger partial charge on any atom is 0.286 e. The summed E-state index contributed by atoms with van der Waals surface area (Å²) in [6.45, 7) is 0.883. The van der Waals surface area contributed by atoms with Crippen molar-refractivity contribution >= 4 is 11.8 Å². The van der Waals surface area contributed by atoms with Crippen LogP contribution in [0.2, 0.25) is 0 Å². The van der Waals surface area contributed by atoms with Crippen LogP contribution < -0.4 is 10.6 Å². The summed E-state index contributed by atoms with van der Waals surface area (Å²) in [6, 6.07) is 3.21. The molecule has 1 aromatic rings. The van der Waals surface area contributed by atoms with E-state index in [-0.39, 0.29) is 42.6 Å². The standard InChI is InChI=1S/C15H22N2O4/c18-11-15(6-1-2-7-15)10-17-13(19)5-8-16-14(20)12-4-3-9-21-12/h3-4,9,18H,1-2,5-8,10-11H2,(H,16,20)(H,17,19). The average molecular weight is 294 g/mol. The Bertz CT molecular complexity index is 464. The highest BCUT2D eigenvalue weighted by molar-refractivity contribution is 5.91. The van der Waals surface area contributed by atoms with E-state index in [1.54, 1.807) is 12.1 Å². The lowest BCUT2D eigenvalue weighted by Crippen LogP contribution is -2.39. The van der Waals surface area contributed by atoms with Crippen molar-refractivity contribution in [2.75, 3.05) is 19.7 Å². The third-order valence-corrected chi connectivity index (χ3v) is 4.04. The monoisotopic (exact) mass is 294 g/mol. The summed E-state index contributed by atoms with van der Waals surface area (Å²) in [5.74, 6) is -0.203. The first-order chi connectivity index (χ1) is 10.2. The van der Waals surface area contributed by atoms with Crippen LogP contribution in [0.1, 0.15) is 42.7 Å². The quantitative estimate of drug-likeness (QED) is 0.701. The van der Waals surface area contributed by atoms with Crippen molar-refractivity contribution in [2.45, 2.75) is 32.1 Å². The van der Waals surface area contributed by atoms with Gasteiger partial charge in [0, 0.05) is 24.9 Å². The number of amides is 2. The summed E-state index contributed by atoms with van der Waals surface area (Å²) in [4.78, 5) is 23.3. The van der Waals surface area contributed by atoms with Gasteiger partial charge in [-0.05, 0) is 25.0 Å². The number of carbonyl (C=O) groups is 2. The molecule has 0 bridgehead atoms.